The molecular weight excluding hydrogens is 1450 g/mol. The number of nitrogens with zero attached hydrogens (tertiary/aromatic N) is 4. The SMILES string of the molecule is CCCCCCC(CCCC)COC(=O)CCCCCCCCC(CCCCCC)OC(=O)OCCN(CCO)CCN(CC)CC.CCCCCCCCC(=O)O.CCCCCCCCC(=O)OCCN(CCOC(=O)OC(CCCCCC)CCCCCCCCC(=O)OCC(CCCC)CCCCCC)CCN(CC)CC. The van der Waals surface area contributed by atoms with Gasteiger partial charge in [0.2, 0.25) is 0 Å². The van der Waals surface area contributed by atoms with Crippen LogP contribution in [0.1, 0.15) is 443 Å². The van der Waals surface area contributed by atoms with Gasteiger partial charge in [0.25, 0.3) is 0 Å². The van der Waals surface area contributed by atoms with Gasteiger partial charge in [0.15, 0.2) is 0 Å². The van der Waals surface area contributed by atoms with E-state index in [9.17, 15) is 33.9 Å². The summed E-state index contributed by atoms with van der Waals surface area (Å²) in [6.45, 7) is 38.3. The Bertz CT molecular complexity index is 2070. The molecule has 0 amide bonds. The van der Waals surface area contributed by atoms with Gasteiger partial charge in [-0.2, -0.15) is 0 Å². The van der Waals surface area contributed by atoms with Gasteiger partial charge in [0.05, 0.1) is 19.8 Å². The first kappa shape index (κ1) is 115. The average Bonchev–Trinajstić information content (AvgIpc) is 0.954. The Kier molecular flexibility index (Phi) is 92.8. The van der Waals surface area contributed by atoms with Crippen molar-refractivity contribution in [1.82, 2.24) is 19.6 Å². The number of carboxylic acids is 1. The van der Waals surface area contributed by atoms with E-state index in [-0.39, 0.29) is 49.9 Å². The minimum Gasteiger partial charge on any atom is -0.481 e. The van der Waals surface area contributed by atoms with Crippen molar-refractivity contribution in [3.05, 3.63) is 0 Å². The molecule has 0 aromatic heterocycles. The molecule has 0 spiro atoms. The molecule has 0 aromatic carbocycles. The van der Waals surface area contributed by atoms with Crippen LogP contribution in [0.5, 0.6) is 0 Å². The highest BCUT2D eigenvalue weighted by Crippen LogP contribution is 2.23. The van der Waals surface area contributed by atoms with Gasteiger partial charge in [-0.3, -0.25) is 29.0 Å². The van der Waals surface area contributed by atoms with E-state index in [4.69, 9.17) is 38.3 Å². The van der Waals surface area contributed by atoms with Crippen molar-refractivity contribution in [3.63, 3.8) is 0 Å². The third-order valence-corrected chi connectivity index (χ3v) is 22.5. The molecule has 0 saturated carbocycles. The summed E-state index contributed by atoms with van der Waals surface area (Å²) in [5, 5.41) is 17.8. The minimum atomic E-state index is -0.666. The van der Waals surface area contributed by atoms with Crippen LogP contribution in [0.4, 0.5) is 9.59 Å². The molecular formula is C96H190N4O15. The topological polar surface area (TPSA) is 220 Å². The molecule has 0 aliphatic rings. The zero-order valence-electron chi connectivity index (χ0n) is 77.6. The molecule has 0 bridgehead atoms. The molecule has 19 heteroatoms. The second kappa shape index (κ2) is 92.5. The number of likely N-dealkylation sites (N-methyl/N-ethyl adjacent to an activating group) is 2. The number of carbonyl (C=O) groups is 6. The number of carboxylic acid groups (broad SMARTS) is 1. The van der Waals surface area contributed by atoms with Crippen LogP contribution in [0.15, 0.2) is 0 Å². The fraction of sp³-hybridized carbons (Fsp3) is 0.938. The molecule has 684 valence electrons. The van der Waals surface area contributed by atoms with Gasteiger partial charge in [0, 0.05) is 78.0 Å². The number of aliphatic hydroxyl groups excluding tert-OH is 1. The van der Waals surface area contributed by atoms with Gasteiger partial charge in [-0.1, -0.05) is 314 Å². The minimum absolute atomic E-state index is 0.0317. The Balaban J connectivity index is -0.00000195. The number of ether oxygens (including phenoxy) is 7. The molecule has 0 saturated heterocycles. The molecule has 0 aliphatic carbocycles. The van der Waals surface area contributed by atoms with Gasteiger partial charge >= 0.3 is 36.2 Å². The lowest BCUT2D eigenvalue weighted by atomic mass is 9.96. The Morgan fingerprint density at radius 1 is 0.252 bits per heavy atom. The van der Waals surface area contributed by atoms with Crippen molar-refractivity contribution in [2.24, 2.45) is 11.8 Å². The smallest absolute Gasteiger partial charge is 0.481 e. The van der Waals surface area contributed by atoms with E-state index in [1.165, 1.54) is 180 Å². The number of hydrogen-bond acceptors (Lipinski definition) is 18. The van der Waals surface area contributed by atoms with Crippen molar-refractivity contribution in [2.45, 2.75) is 455 Å². The summed E-state index contributed by atoms with van der Waals surface area (Å²) >= 11 is 0. The normalized spacial score (nSPS) is 12.4. The van der Waals surface area contributed by atoms with E-state index >= 15 is 0 Å². The number of unbranched alkanes of at least 4 members (excludes halogenated alkanes) is 34. The lowest BCUT2D eigenvalue weighted by Gasteiger charge is -2.26. The molecule has 0 heterocycles. The number of rotatable bonds is 85. The maximum Gasteiger partial charge on any atom is 0.508 e. The van der Waals surface area contributed by atoms with Crippen molar-refractivity contribution >= 4 is 36.2 Å². The predicted molar refractivity (Wildman–Crippen MR) is 479 cm³/mol. The van der Waals surface area contributed by atoms with Crippen molar-refractivity contribution in [2.75, 3.05) is 118 Å². The Hall–Kier alpha value is -3.78. The lowest BCUT2D eigenvalue weighted by Crippen LogP contribution is -2.39. The third kappa shape index (κ3) is 85.0. The zero-order valence-corrected chi connectivity index (χ0v) is 77.6. The van der Waals surface area contributed by atoms with Crippen LogP contribution in [0.3, 0.4) is 0 Å². The summed E-state index contributed by atoms with van der Waals surface area (Å²) < 4.78 is 39.7. The second-order valence-electron chi connectivity index (χ2n) is 32.9. The molecule has 2 N–H and O–H groups in total. The van der Waals surface area contributed by atoms with E-state index < -0.39 is 18.3 Å². The standard InChI is InChI=1S/C48H94N2O7.C39H78N2O6.C9H18O2/c1-7-13-17-20-24-29-35-46(51)54-41-39-50(38-37-49(11-5)12-6)40-42-55-48(53)57-45(33-27-19-15-9-3)34-28-23-21-22-25-30-36-47(52)56-43-44(31-16-10-4)32-26-18-14-8-2;1-6-11-14-20-25-36(24-13-8-3)35-46-38(43)28-23-19-17-16-18-22-27-37(26-21-15-12-7-2)47-39(44)45-34-32-41(31-33-42)30-29-40(9-4)10-5;1-2-3-4-5-6-7-8-9(10)11/h44-45H,7-43H2,1-6H3;36-37,42H,6-35H2,1-5H3;2-8H2,1H3,(H,10,11). The molecule has 0 radical (unpaired) electrons. The van der Waals surface area contributed by atoms with E-state index in [0.29, 0.717) is 83.5 Å². The molecule has 19 nitrogen and oxygen atoms in total. The van der Waals surface area contributed by atoms with Gasteiger partial charge in [-0.05, 0) is 141 Å². The summed E-state index contributed by atoms with van der Waals surface area (Å²) in [5.74, 6) is 0.180. The Morgan fingerprint density at radius 2 is 0.496 bits per heavy atom. The van der Waals surface area contributed by atoms with Crippen LogP contribution < -0.4 is 0 Å². The van der Waals surface area contributed by atoms with Crippen LogP contribution in [-0.4, -0.2) is 196 Å². The largest absolute Gasteiger partial charge is 0.508 e. The van der Waals surface area contributed by atoms with Gasteiger partial charge < -0.3 is 53.2 Å². The number of hydrogen-bond donors (Lipinski definition) is 2. The quantitative estimate of drug-likeness (QED) is 0.0328. The number of esters is 3. The Morgan fingerprint density at radius 3 is 0.800 bits per heavy atom. The maximum atomic E-state index is 12.9. The summed E-state index contributed by atoms with van der Waals surface area (Å²) in [6, 6.07) is 0. The van der Waals surface area contributed by atoms with Crippen LogP contribution in [0.2, 0.25) is 0 Å². The maximum absolute atomic E-state index is 12.9. The number of aliphatic hydroxyl groups is 1. The average molecular weight is 1640 g/mol. The number of aliphatic carboxylic acids is 1. The second-order valence-corrected chi connectivity index (χ2v) is 32.9. The molecule has 4 atom stereocenters. The van der Waals surface area contributed by atoms with Gasteiger partial charge in [0.1, 0.15) is 32.0 Å². The monoisotopic (exact) mass is 1640 g/mol. The molecule has 0 rings (SSSR count). The molecule has 4 unspecified atom stereocenters. The van der Waals surface area contributed by atoms with Crippen molar-refractivity contribution < 1.29 is 72.1 Å². The molecule has 0 aliphatic heterocycles. The fourth-order valence-corrected chi connectivity index (χ4v) is 14.5. The molecule has 115 heavy (non-hydrogen) atoms. The third-order valence-electron chi connectivity index (χ3n) is 22.5. The Labute approximate surface area is 709 Å². The summed E-state index contributed by atoms with van der Waals surface area (Å²) in [4.78, 5) is 81.6. The first-order valence-corrected chi connectivity index (χ1v) is 48.9. The zero-order chi connectivity index (χ0) is 85.4. The first-order chi connectivity index (χ1) is 56.0. The van der Waals surface area contributed by atoms with E-state index in [1.807, 2.05) is 0 Å². The molecule has 0 aromatic rings. The van der Waals surface area contributed by atoms with Gasteiger partial charge in [-0.25, -0.2) is 9.59 Å². The van der Waals surface area contributed by atoms with E-state index in [0.717, 1.165) is 206 Å². The number of carbonyl (C=O) groups excluding carboxylic acids is 5. The van der Waals surface area contributed by atoms with Gasteiger partial charge in [-0.15, -0.1) is 0 Å². The summed E-state index contributed by atoms with van der Waals surface area (Å²) in [6.07, 6.45) is 59.2. The van der Waals surface area contributed by atoms with Crippen LogP contribution >= 0.6 is 0 Å². The van der Waals surface area contributed by atoms with Crippen molar-refractivity contribution in [1.29, 1.82) is 0 Å². The highest BCUT2D eigenvalue weighted by atomic mass is 16.7. The summed E-state index contributed by atoms with van der Waals surface area (Å²) in [5.41, 5.74) is 0. The summed E-state index contributed by atoms with van der Waals surface area (Å²) in [7, 11) is 0. The fourth-order valence-electron chi connectivity index (χ4n) is 14.5. The molecule has 0 fully saturated rings. The van der Waals surface area contributed by atoms with E-state index in [1.54, 1.807) is 0 Å². The lowest BCUT2D eigenvalue weighted by molar-refractivity contribution is -0.146. The van der Waals surface area contributed by atoms with Crippen LogP contribution in [0.25, 0.3) is 0 Å². The highest BCUT2D eigenvalue weighted by Gasteiger charge is 2.21. The van der Waals surface area contributed by atoms with E-state index in [2.05, 4.69) is 103 Å². The highest BCUT2D eigenvalue weighted by molar-refractivity contribution is 5.70. The van der Waals surface area contributed by atoms with Crippen LogP contribution in [-0.2, 0) is 52.3 Å². The van der Waals surface area contributed by atoms with Crippen molar-refractivity contribution in [3.8, 4) is 0 Å². The first-order valence-electron chi connectivity index (χ1n) is 48.9. The van der Waals surface area contributed by atoms with Crippen LogP contribution in [0, 0.1) is 11.8 Å². The predicted octanol–water partition coefficient (Wildman–Crippen LogP) is 25.2.